The zero-order chi connectivity index (χ0) is 19.8. The fourth-order valence-corrected chi connectivity index (χ4v) is 4.25. The summed E-state index contributed by atoms with van der Waals surface area (Å²) in [6.45, 7) is 0.528. The molecule has 1 N–H and O–H groups in total. The van der Waals surface area contributed by atoms with Gasteiger partial charge in [-0.25, -0.2) is 4.79 Å². The van der Waals surface area contributed by atoms with Gasteiger partial charge >= 0.3 is 5.97 Å². The SMILES string of the molecule is COC(=O)COc1cccc2c1OCC2CCSCCCc1ccccc1O. The number of aromatic hydroxyl groups is 1. The Kier molecular flexibility index (Phi) is 7.48. The third kappa shape index (κ3) is 5.35. The second kappa shape index (κ2) is 10.3. The number of ether oxygens (including phenoxy) is 3. The molecule has 1 aliphatic heterocycles. The van der Waals surface area contributed by atoms with Gasteiger partial charge in [0.15, 0.2) is 18.1 Å². The number of aryl methyl sites for hydroxylation is 1. The highest BCUT2D eigenvalue weighted by molar-refractivity contribution is 7.99. The number of esters is 1. The van der Waals surface area contributed by atoms with Crippen LogP contribution in [-0.4, -0.2) is 42.9 Å². The molecule has 0 spiro atoms. The summed E-state index contributed by atoms with van der Waals surface area (Å²) in [5.41, 5.74) is 2.16. The second-order valence-electron chi connectivity index (χ2n) is 6.68. The molecule has 5 nitrogen and oxygen atoms in total. The molecular formula is C22H26O5S. The molecule has 1 atom stereocenters. The predicted molar refractivity (Wildman–Crippen MR) is 111 cm³/mol. The lowest BCUT2D eigenvalue weighted by Gasteiger charge is -2.10. The molecule has 0 saturated heterocycles. The number of rotatable bonds is 10. The van der Waals surface area contributed by atoms with E-state index in [1.807, 2.05) is 42.1 Å². The van der Waals surface area contributed by atoms with E-state index in [4.69, 9.17) is 9.47 Å². The highest BCUT2D eigenvalue weighted by atomic mass is 32.2. The van der Waals surface area contributed by atoms with Gasteiger partial charge in [-0.1, -0.05) is 30.3 Å². The molecule has 0 bridgehead atoms. The Hall–Kier alpha value is -2.34. The Morgan fingerprint density at radius 1 is 1.21 bits per heavy atom. The zero-order valence-corrected chi connectivity index (χ0v) is 16.9. The minimum Gasteiger partial charge on any atom is -0.508 e. The number of phenols is 1. The topological polar surface area (TPSA) is 65.0 Å². The van der Waals surface area contributed by atoms with Crippen molar-refractivity contribution < 1.29 is 24.1 Å². The first-order valence-corrected chi connectivity index (χ1v) is 10.6. The number of benzene rings is 2. The van der Waals surface area contributed by atoms with Crippen LogP contribution in [-0.2, 0) is 16.0 Å². The first kappa shape index (κ1) is 20.4. The number of carbonyl (C=O) groups excluding carboxylic acids is 1. The van der Waals surface area contributed by atoms with Gasteiger partial charge in [0.1, 0.15) is 5.75 Å². The van der Waals surface area contributed by atoms with Crippen LogP contribution in [0.25, 0.3) is 0 Å². The molecular weight excluding hydrogens is 376 g/mol. The van der Waals surface area contributed by atoms with E-state index in [0.717, 1.165) is 47.6 Å². The Morgan fingerprint density at radius 3 is 2.89 bits per heavy atom. The summed E-state index contributed by atoms with van der Waals surface area (Å²) in [5.74, 6) is 3.80. The van der Waals surface area contributed by atoms with Crippen molar-refractivity contribution in [1.29, 1.82) is 0 Å². The summed E-state index contributed by atoms with van der Waals surface area (Å²) in [6.07, 6.45) is 2.98. The average Bonchev–Trinajstić information content (AvgIpc) is 3.13. The predicted octanol–water partition coefficient (Wildman–Crippen LogP) is 4.18. The second-order valence-corrected chi connectivity index (χ2v) is 7.91. The molecule has 2 aromatic rings. The van der Waals surface area contributed by atoms with Crippen molar-refractivity contribution in [3.63, 3.8) is 0 Å². The van der Waals surface area contributed by atoms with Gasteiger partial charge in [-0.05, 0) is 48.5 Å². The summed E-state index contributed by atoms with van der Waals surface area (Å²) in [5, 5.41) is 9.80. The van der Waals surface area contributed by atoms with Crippen LogP contribution in [0, 0.1) is 0 Å². The van der Waals surface area contributed by atoms with E-state index in [9.17, 15) is 9.90 Å². The molecule has 3 rings (SSSR count). The number of thioether (sulfide) groups is 1. The molecule has 0 saturated carbocycles. The Morgan fingerprint density at radius 2 is 2.07 bits per heavy atom. The standard InChI is InChI=1S/C22H26O5S/c1-25-21(24)15-26-20-10-4-8-18-17(14-27-22(18)20)11-13-28-12-5-7-16-6-2-3-9-19(16)23/h2-4,6,8-10,17,23H,5,7,11-15H2,1H3. The Balaban J connectivity index is 1.41. The summed E-state index contributed by atoms with van der Waals surface area (Å²) >= 11 is 1.93. The number of hydrogen-bond acceptors (Lipinski definition) is 6. The first-order chi connectivity index (χ1) is 13.7. The van der Waals surface area contributed by atoms with Gasteiger partial charge in [0.2, 0.25) is 0 Å². The van der Waals surface area contributed by atoms with Crippen molar-refractivity contribution >= 4 is 17.7 Å². The minimum absolute atomic E-state index is 0.117. The fourth-order valence-electron chi connectivity index (χ4n) is 3.25. The number of methoxy groups -OCH3 is 1. The van der Waals surface area contributed by atoms with Crippen molar-refractivity contribution in [2.24, 2.45) is 0 Å². The van der Waals surface area contributed by atoms with Crippen molar-refractivity contribution in [2.75, 3.05) is 31.8 Å². The molecule has 150 valence electrons. The smallest absolute Gasteiger partial charge is 0.343 e. The average molecular weight is 403 g/mol. The van der Waals surface area contributed by atoms with Crippen molar-refractivity contribution in [2.45, 2.75) is 25.2 Å². The molecule has 1 heterocycles. The zero-order valence-electron chi connectivity index (χ0n) is 16.1. The van der Waals surface area contributed by atoms with Crippen LogP contribution in [0.1, 0.15) is 29.9 Å². The molecule has 0 aromatic heterocycles. The summed E-state index contributed by atoms with van der Waals surface area (Å²) in [6, 6.07) is 13.4. The third-order valence-corrected chi connectivity index (χ3v) is 5.89. The lowest BCUT2D eigenvalue weighted by atomic mass is 9.98. The number of carbonyl (C=O) groups is 1. The molecule has 1 unspecified atom stereocenters. The van der Waals surface area contributed by atoms with Gasteiger partial charge in [0, 0.05) is 11.5 Å². The quantitative estimate of drug-likeness (QED) is 0.475. The molecule has 6 heteroatoms. The van der Waals surface area contributed by atoms with Gasteiger partial charge < -0.3 is 19.3 Å². The maximum Gasteiger partial charge on any atom is 0.343 e. The van der Waals surface area contributed by atoms with Crippen LogP contribution in [0.2, 0.25) is 0 Å². The number of hydrogen-bond donors (Lipinski definition) is 1. The van der Waals surface area contributed by atoms with Crippen LogP contribution in [0.15, 0.2) is 42.5 Å². The number of para-hydroxylation sites is 2. The van der Waals surface area contributed by atoms with Gasteiger partial charge in [0.05, 0.1) is 13.7 Å². The molecule has 0 amide bonds. The van der Waals surface area contributed by atoms with Gasteiger partial charge in [-0.15, -0.1) is 0 Å². The van der Waals surface area contributed by atoms with E-state index in [0.29, 0.717) is 24.0 Å². The van der Waals surface area contributed by atoms with E-state index < -0.39 is 5.97 Å². The largest absolute Gasteiger partial charge is 0.508 e. The lowest BCUT2D eigenvalue weighted by Crippen LogP contribution is -2.12. The number of phenolic OH excluding ortho intramolecular Hbond substituents is 1. The Labute approximate surface area is 170 Å². The molecule has 2 aromatic carbocycles. The van der Waals surface area contributed by atoms with Crippen LogP contribution < -0.4 is 9.47 Å². The van der Waals surface area contributed by atoms with Crippen molar-refractivity contribution in [1.82, 2.24) is 0 Å². The van der Waals surface area contributed by atoms with E-state index in [1.54, 1.807) is 6.07 Å². The highest BCUT2D eigenvalue weighted by Crippen LogP contribution is 2.42. The van der Waals surface area contributed by atoms with Crippen LogP contribution in [0.4, 0.5) is 0 Å². The van der Waals surface area contributed by atoms with E-state index in [2.05, 4.69) is 10.8 Å². The maximum absolute atomic E-state index is 11.3. The highest BCUT2D eigenvalue weighted by Gasteiger charge is 2.27. The Bertz CT molecular complexity index is 792. The fraction of sp³-hybridized carbons (Fsp3) is 0.409. The van der Waals surface area contributed by atoms with Crippen LogP contribution in [0.5, 0.6) is 17.2 Å². The molecule has 0 aliphatic carbocycles. The summed E-state index contributed by atoms with van der Waals surface area (Å²) in [7, 11) is 1.34. The molecule has 0 radical (unpaired) electrons. The molecule has 28 heavy (non-hydrogen) atoms. The maximum atomic E-state index is 11.3. The van der Waals surface area contributed by atoms with Gasteiger partial charge in [0.25, 0.3) is 0 Å². The summed E-state index contributed by atoms with van der Waals surface area (Å²) < 4.78 is 16.0. The van der Waals surface area contributed by atoms with Crippen molar-refractivity contribution in [3.05, 3.63) is 53.6 Å². The molecule has 1 aliphatic rings. The third-order valence-electron chi connectivity index (χ3n) is 4.79. The van der Waals surface area contributed by atoms with E-state index >= 15 is 0 Å². The van der Waals surface area contributed by atoms with E-state index in [-0.39, 0.29) is 6.61 Å². The minimum atomic E-state index is -0.410. The van der Waals surface area contributed by atoms with Gasteiger partial charge in [-0.2, -0.15) is 11.8 Å². The van der Waals surface area contributed by atoms with E-state index in [1.165, 1.54) is 7.11 Å². The normalized spacial score (nSPS) is 15.0. The van der Waals surface area contributed by atoms with Crippen LogP contribution in [0.3, 0.4) is 0 Å². The first-order valence-electron chi connectivity index (χ1n) is 9.49. The molecule has 0 fully saturated rings. The summed E-state index contributed by atoms with van der Waals surface area (Å²) in [4.78, 5) is 11.3. The van der Waals surface area contributed by atoms with Crippen LogP contribution >= 0.6 is 11.8 Å². The number of fused-ring (bicyclic) bond motifs is 1. The lowest BCUT2D eigenvalue weighted by molar-refractivity contribution is -0.142. The van der Waals surface area contributed by atoms with Crippen molar-refractivity contribution in [3.8, 4) is 17.2 Å². The van der Waals surface area contributed by atoms with Gasteiger partial charge in [-0.3, -0.25) is 0 Å². The monoisotopic (exact) mass is 402 g/mol.